The summed E-state index contributed by atoms with van der Waals surface area (Å²) in [5.74, 6) is -0.438. The van der Waals surface area contributed by atoms with Gasteiger partial charge in [0.1, 0.15) is 10.2 Å². The number of alkyl halides is 1. The van der Waals surface area contributed by atoms with Crippen LogP contribution in [0.2, 0.25) is 0 Å². The van der Waals surface area contributed by atoms with Crippen LogP contribution >= 0.6 is 22.6 Å². The summed E-state index contributed by atoms with van der Waals surface area (Å²) in [5, 5.41) is 15.0. The van der Waals surface area contributed by atoms with Gasteiger partial charge < -0.3 is 14.6 Å². The zero-order chi connectivity index (χ0) is 15.6. The Kier molecular flexibility index (Phi) is 5.22. The second kappa shape index (κ2) is 6.75. The van der Waals surface area contributed by atoms with Gasteiger partial charge >= 0.3 is 6.03 Å². The number of ether oxygens (including phenoxy) is 2. The van der Waals surface area contributed by atoms with Gasteiger partial charge in [0, 0.05) is 18.4 Å². The van der Waals surface area contributed by atoms with Crippen molar-refractivity contribution in [3.8, 4) is 0 Å². The molecule has 0 radical (unpaired) electrons. The van der Waals surface area contributed by atoms with Gasteiger partial charge in [0.15, 0.2) is 6.23 Å². The minimum Gasteiger partial charge on any atom is -0.394 e. The molecule has 2 saturated heterocycles. The van der Waals surface area contributed by atoms with Crippen molar-refractivity contribution in [2.45, 2.75) is 34.9 Å². The van der Waals surface area contributed by atoms with Crippen molar-refractivity contribution < 1.29 is 24.2 Å². The maximum absolute atomic E-state index is 12.0. The van der Waals surface area contributed by atoms with E-state index >= 15 is 0 Å². The summed E-state index contributed by atoms with van der Waals surface area (Å²) in [6, 6.07) is -1.22. The maximum atomic E-state index is 12.0. The Morgan fingerprint density at radius 3 is 2.95 bits per heavy atom. The number of urea groups is 1. The van der Waals surface area contributed by atoms with Gasteiger partial charge in [-0.3, -0.25) is 15.0 Å². The number of aliphatic hydroxyl groups excluding tert-OH is 1. The average molecular weight is 411 g/mol. The SMILES string of the molecule is CO[C@H]1[C@H](I)C(=O)NC(=O)N1C1C[C@H](N=[N+]=[N-])[C@@H](CO)O1. The number of carbonyl (C=O) groups is 2. The smallest absolute Gasteiger partial charge is 0.328 e. The highest BCUT2D eigenvalue weighted by molar-refractivity contribution is 14.1. The summed E-state index contributed by atoms with van der Waals surface area (Å²) in [4.78, 5) is 27.6. The third kappa shape index (κ3) is 3.06. The molecular weight excluding hydrogens is 397 g/mol. The van der Waals surface area contributed by atoms with E-state index in [1.807, 2.05) is 22.6 Å². The molecular formula is C10H14IN5O5. The van der Waals surface area contributed by atoms with Crippen LogP contribution in [0.15, 0.2) is 5.11 Å². The Morgan fingerprint density at radius 1 is 1.67 bits per heavy atom. The van der Waals surface area contributed by atoms with Crippen molar-refractivity contribution in [2.24, 2.45) is 5.11 Å². The number of nitrogens with one attached hydrogen (secondary N) is 1. The van der Waals surface area contributed by atoms with Crippen LogP contribution in [0.1, 0.15) is 6.42 Å². The first-order valence-electron chi connectivity index (χ1n) is 6.14. The summed E-state index contributed by atoms with van der Waals surface area (Å²) in [5.41, 5.74) is 8.52. The predicted octanol–water partition coefficient (Wildman–Crippen LogP) is 0.100. The van der Waals surface area contributed by atoms with Crippen LogP contribution in [0.25, 0.3) is 10.4 Å². The second-order valence-corrected chi connectivity index (χ2v) is 5.89. The third-order valence-corrected chi connectivity index (χ3v) is 4.56. The Bertz CT molecular complexity index is 484. The van der Waals surface area contributed by atoms with Crippen molar-refractivity contribution in [2.75, 3.05) is 13.7 Å². The van der Waals surface area contributed by atoms with Crippen molar-refractivity contribution >= 4 is 34.5 Å². The van der Waals surface area contributed by atoms with Gasteiger partial charge in [0.25, 0.3) is 0 Å². The maximum Gasteiger partial charge on any atom is 0.328 e. The number of methoxy groups -OCH3 is 1. The number of nitrogens with zero attached hydrogens (tertiary/aromatic N) is 4. The molecule has 2 rings (SSSR count). The van der Waals surface area contributed by atoms with Crippen LogP contribution in [0, 0.1) is 0 Å². The minimum absolute atomic E-state index is 0.222. The highest BCUT2D eigenvalue weighted by Crippen LogP contribution is 2.31. The van der Waals surface area contributed by atoms with Crippen LogP contribution in [0.5, 0.6) is 0 Å². The summed E-state index contributed by atoms with van der Waals surface area (Å²) >= 11 is 1.88. The van der Waals surface area contributed by atoms with E-state index in [-0.39, 0.29) is 13.0 Å². The molecule has 2 N–H and O–H groups in total. The van der Waals surface area contributed by atoms with Crippen LogP contribution in [0.4, 0.5) is 4.79 Å². The number of imide groups is 1. The van der Waals surface area contributed by atoms with Crippen LogP contribution in [-0.2, 0) is 14.3 Å². The van der Waals surface area contributed by atoms with Crippen LogP contribution in [0.3, 0.4) is 0 Å². The highest BCUT2D eigenvalue weighted by atomic mass is 127. The van der Waals surface area contributed by atoms with Gasteiger partial charge in [0.05, 0.1) is 18.8 Å². The van der Waals surface area contributed by atoms with E-state index in [9.17, 15) is 14.7 Å². The third-order valence-electron chi connectivity index (χ3n) is 3.38. The normalized spacial score (nSPS) is 36.3. The van der Waals surface area contributed by atoms with Gasteiger partial charge in [-0.25, -0.2) is 4.79 Å². The molecule has 2 aliphatic rings. The molecule has 10 nitrogen and oxygen atoms in total. The van der Waals surface area contributed by atoms with Gasteiger partial charge in [-0.15, -0.1) is 0 Å². The molecule has 0 bridgehead atoms. The molecule has 1 unspecified atom stereocenters. The molecule has 2 fully saturated rings. The van der Waals surface area contributed by atoms with E-state index in [1.54, 1.807) is 0 Å². The first kappa shape index (κ1) is 16.2. The standard InChI is InChI=1S/C10H14IN5O5/c1-20-9-7(11)8(18)13-10(19)16(9)6-2-4(14-15-12)5(3-17)21-6/h4-7,9,17H,2-3H2,1H3,(H,13,18,19)/t4-,5+,6?,7+,9-/m0/s1. The number of azide groups is 1. The quantitative estimate of drug-likeness (QED) is 0.222. The summed E-state index contributed by atoms with van der Waals surface area (Å²) in [7, 11) is 1.39. The van der Waals surface area contributed by atoms with Gasteiger partial charge in [-0.2, -0.15) is 0 Å². The fraction of sp³-hybridized carbons (Fsp3) is 0.800. The molecule has 2 aliphatic heterocycles. The van der Waals surface area contributed by atoms with Crippen molar-refractivity contribution in [3.05, 3.63) is 10.4 Å². The Balaban J connectivity index is 2.21. The molecule has 0 aliphatic carbocycles. The Hall–Kier alpha value is -1.14. The number of hydrogen-bond donors (Lipinski definition) is 2. The van der Waals surface area contributed by atoms with Gasteiger partial charge in [0.2, 0.25) is 5.91 Å². The Morgan fingerprint density at radius 2 is 2.38 bits per heavy atom. The topological polar surface area (TPSA) is 137 Å². The predicted molar refractivity (Wildman–Crippen MR) is 77.3 cm³/mol. The monoisotopic (exact) mass is 411 g/mol. The van der Waals surface area contributed by atoms with Crippen LogP contribution in [-0.4, -0.2) is 64.2 Å². The number of rotatable bonds is 4. The van der Waals surface area contributed by atoms with E-state index < -0.39 is 40.5 Å². The molecule has 21 heavy (non-hydrogen) atoms. The lowest BCUT2D eigenvalue weighted by molar-refractivity contribution is -0.142. The zero-order valence-electron chi connectivity index (χ0n) is 11.0. The Labute approximate surface area is 133 Å². The van der Waals surface area contributed by atoms with E-state index in [0.29, 0.717) is 0 Å². The van der Waals surface area contributed by atoms with Crippen LogP contribution < -0.4 is 5.32 Å². The average Bonchev–Trinajstić information content (AvgIpc) is 2.85. The lowest BCUT2D eigenvalue weighted by atomic mass is 10.1. The number of carbonyl (C=O) groups excluding carboxylic acids is 2. The zero-order valence-corrected chi connectivity index (χ0v) is 13.2. The van der Waals surface area contributed by atoms with Gasteiger partial charge in [-0.1, -0.05) is 27.7 Å². The lowest BCUT2D eigenvalue weighted by Gasteiger charge is -2.40. The molecule has 3 amide bonds. The second-order valence-electron chi connectivity index (χ2n) is 4.55. The summed E-state index contributed by atoms with van der Waals surface area (Å²) < 4.78 is 10.2. The molecule has 5 atom stereocenters. The molecule has 11 heteroatoms. The molecule has 0 aromatic carbocycles. The van der Waals surface area contributed by atoms with Crippen molar-refractivity contribution in [1.82, 2.24) is 10.2 Å². The summed E-state index contributed by atoms with van der Waals surface area (Å²) in [6.45, 7) is -0.333. The van der Waals surface area contributed by atoms with Gasteiger partial charge in [-0.05, 0) is 5.53 Å². The van der Waals surface area contributed by atoms with Crippen molar-refractivity contribution in [1.29, 1.82) is 0 Å². The highest BCUT2D eigenvalue weighted by Gasteiger charge is 2.48. The molecule has 116 valence electrons. The largest absolute Gasteiger partial charge is 0.394 e. The molecule has 0 aromatic rings. The molecule has 0 spiro atoms. The fourth-order valence-corrected chi connectivity index (χ4v) is 3.19. The molecule has 0 aromatic heterocycles. The van der Waals surface area contributed by atoms with E-state index in [1.165, 1.54) is 12.0 Å². The molecule has 2 heterocycles. The first-order chi connectivity index (χ1) is 10.0. The van der Waals surface area contributed by atoms with E-state index in [4.69, 9.17) is 15.0 Å². The number of aliphatic hydroxyl groups is 1. The molecule has 0 saturated carbocycles. The van der Waals surface area contributed by atoms with Crippen molar-refractivity contribution in [3.63, 3.8) is 0 Å². The lowest BCUT2D eigenvalue weighted by Crippen LogP contribution is -2.64. The summed E-state index contributed by atoms with van der Waals surface area (Å²) in [6.07, 6.45) is -2.00. The number of hydrogen-bond acceptors (Lipinski definition) is 6. The van der Waals surface area contributed by atoms with E-state index in [0.717, 1.165) is 0 Å². The fourth-order valence-electron chi connectivity index (χ4n) is 2.39. The number of amides is 3. The minimum atomic E-state index is -0.791. The first-order valence-corrected chi connectivity index (χ1v) is 7.38. The van der Waals surface area contributed by atoms with E-state index in [2.05, 4.69) is 15.3 Å². The number of halogens is 1.